The van der Waals surface area contributed by atoms with Gasteiger partial charge in [0.05, 0.1) is 0 Å². The van der Waals surface area contributed by atoms with E-state index in [4.69, 9.17) is 441 Å². The van der Waals surface area contributed by atoms with Crippen LogP contribution in [0.1, 0.15) is 0 Å². The van der Waals surface area contributed by atoms with Crippen molar-refractivity contribution in [1.29, 1.82) is 0 Å². The van der Waals surface area contributed by atoms with Gasteiger partial charge in [0.15, 0.2) is 0 Å². The summed E-state index contributed by atoms with van der Waals surface area (Å²) in [6.07, 6.45) is -111. The van der Waals surface area contributed by atoms with Crippen LogP contribution in [0.25, 0.3) is 0 Å². The largest absolute Gasteiger partial charge is 0 e. The molecule has 115 radical (unpaired) electrons. The van der Waals surface area contributed by atoms with Crippen molar-refractivity contribution >= 4 is 799 Å². The molecular weight excluding hydrogens is 1220 g/mol. The lowest BCUT2D eigenvalue weighted by molar-refractivity contribution is 3.12. The summed E-state index contributed by atoms with van der Waals surface area (Å²) in [4.78, 5) is 0. The molecular formula is B113. The minimum Gasteiger partial charge on any atom is 0 e. The monoisotopic (exact) mass is 1240 g/mol. The first-order chi connectivity index (χ1) is 51.4. The molecule has 0 aromatic rings. The number of rotatable bonds is 55. The smallest absolute Gasteiger partial charge is 0 e. The van der Waals surface area contributed by atoms with E-state index < -0.39 is 351 Å². The van der Waals surface area contributed by atoms with E-state index in [0.29, 0.717) is 0 Å². The maximum absolute atomic E-state index is 7.50. The van der Waals surface area contributed by atoms with E-state index in [0.717, 1.165) is 7.06 Å². The average molecular weight is 1220 g/mol. The van der Waals surface area contributed by atoms with Crippen molar-refractivity contribution in [3.05, 3.63) is 0 Å². The number of hydrogen-bond donors (Lipinski definition) is 0. The lowest BCUT2D eigenvalue weighted by Crippen LogP contribution is -3.02. The fourth-order valence-corrected chi connectivity index (χ4v) is 20.5. The Morgan fingerprint density at radius 2 is 0.142 bits per heavy atom. The van der Waals surface area contributed by atoms with E-state index >= 15 is 0 Å². The molecule has 113 heavy (non-hydrogen) atoms. The zero-order valence-electron chi connectivity index (χ0n) is 65.2. The van der Waals surface area contributed by atoms with Gasteiger partial charge in [0.1, 0.15) is 0 Å². The molecule has 0 aromatic heterocycles. The molecule has 113 heteroatoms. The van der Waals surface area contributed by atoms with Crippen LogP contribution in [0.5, 0.6) is 0 Å². The highest BCUT2D eigenvalue weighted by molar-refractivity contribution is 8.45. The summed E-state index contributed by atoms with van der Waals surface area (Å²) in [6.45, 7) is 0. The molecule has 0 spiro atoms. The van der Waals surface area contributed by atoms with Crippen molar-refractivity contribution in [3.8, 4) is 0 Å². The van der Waals surface area contributed by atoms with Crippen molar-refractivity contribution in [1.82, 2.24) is 0 Å². The van der Waals surface area contributed by atoms with Crippen molar-refractivity contribution in [3.63, 3.8) is 0 Å². The predicted molar refractivity (Wildman–Crippen MR) is 650 cm³/mol. The Hall–Kier alpha value is 7.34. The minimum atomic E-state index is -2.53. The molecule has 0 aliphatic rings. The Morgan fingerprint density at radius 1 is 0.0796 bits per heavy atom. The van der Waals surface area contributed by atoms with Crippen molar-refractivity contribution in [2.75, 3.05) is 0 Å². The fraction of sp³-hybridized carbons (Fsp3) is 0. The highest BCUT2D eigenvalue weighted by atomic mass is 13.5. The molecule has 0 aliphatic carbocycles. The predicted octanol–water partition coefficient (Wildman–Crippen LogP) is -43.0. The van der Waals surface area contributed by atoms with Crippen LogP contribution in [0.4, 0.5) is 0 Å². The standard InChI is InChI=1S/B113/c1-58-87(59(2)3)101(86(56)57)108(100(84(52)53)85(54)55)112(109(102(88(60(4)5)61(6)7)89(62(8)9)63(10)11)103(90(64(12)13)65(14)15)91(66(16)17)67(18)19)113(110(104(92(68(20)21)69(22)23)93(70(24)25)71(26)27)105(94(72(28)29)73(30)31)95(74(32)33)75(34)35)111(106(96(76(36)37)77(38)39)97(78(40)41)79(42)43)107(98(80(44)45)81(46)47)99(82(48)49)83(50)51. The Kier molecular flexibility index (Phi) is 59.2. The zero-order valence-corrected chi connectivity index (χ0v) is 65.2. The van der Waals surface area contributed by atoms with Crippen LogP contribution < -0.4 is 0 Å². The summed E-state index contributed by atoms with van der Waals surface area (Å²) in [5, 5.41) is 0. The molecule has 0 saturated heterocycles. The molecule has 0 rings (SSSR count). The zero-order chi connectivity index (χ0) is 89.5. The minimum absolute atomic E-state index is 0.979. The van der Waals surface area contributed by atoms with Gasteiger partial charge >= 0.3 is 0 Å². The SMILES string of the molecule is [B][B]B(B([B])[B])B(B([B])[B])B(B(B([B])[B])B([B])[B])B(B(B(B(B([B])[B])B([B])[B])B(B([B])[B])B([B])[B])B(B(B([B])[B])B([B])[B])B(B([B])[B])B([B])[B])B(B(B(B(B([B])[B])B([B])[B])B(B([B])[B])B([B])[B])B(B(B([B])[B])B([B])[B])B(B([B])[B])B([B])[B])B(B(B(B([B])[B])B([B])[B])B(B([B])[B])B([B])[B])B(B(B([B])[B])B([B])[B])B(B([B])[B])B([B])[B]. The first-order valence-electron chi connectivity index (χ1n) is 37.3. The molecule has 0 aromatic carbocycles. The van der Waals surface area contributed by atoms with Gasteiger partial charge in [-0.3, -0.25) is 0 Å². The Balaban J connectivity index is 15.9. The van der Waals surface area contributed by atoms with Gasteiger partial charge in [-0.15, -0.1) is 0 Å². The van der Waals surface area contributed by atoms with Gasteiger partial charge in [-0.1, -0.05) is 0 Å². The molecule has 0 N–H and O–H groups in total. The van der Waals surface area contributed by atoms with Crippen LogP contribution in [-0.2, 0) is 0 Å². The van der Waals surface area contributed by atoms with E-state index in [-0.39, 0.29) is 0 Å². The first-order valence-corrected chi connectivity index (χ1v) is 37.3. The molecule has 0 amide bonds. The molecule has 0 atom stereocenters. The lowest BCUT2D eigenvalue weighted by atomic mass is 8.17. The number of hydrogen-bond acceptors (Lipinski definition) is 0. The van der Waals surface area contributed by atoms with Gasteiger partial charge < -0.3 is 0 Å². The maximum atomic E-state index is 7.50. The fourth-order valence-electron chi connectivity index (χ4n) is 20.5. The quantitative estimate of drug-likeness (QED) is 0.0533. The summed E-state index contributed by atoms with van der Waals surface area (Å²) >= 11 is 0. The molecule has 0 unspecified atom stereocenters. The Morgan fingerprint density at radius 3 is 0.195 bits per heavy atom. The summed E-state index contributed by atoms with van der Waals surface area (Å²) in [5.74, 6) is 0. The van der Waals surface area contributed by atoms with Crippen LogP contribution in [0.2, 0.25) is 0 Å². The molecule has 0 bridgehead atoms. The van der Waals surface area contributed by atoms with E-state index in [2.05, 4.69) is 0 Å². The molecule has 339 valence electrons. The lowest BCUT2D eigenvalue weighted by Gasteiger charge is -2.64. The third-order valence-electron chi connectivity index (χ3n) is 24.2. The second-order valence-electron chi connectivity index (χ2n) is 31.9. The van der Waals surface area contributed by atoms with Crippen molar-refractivity contribution < 1.29 is 0 Å². The third kappa shape index (κ3) is 32.4. The second-order valence-corrected chi connectivity index (χ2v) is 31.9. The summed E-state index contributed by atoms with van der Waals surface area (Å²) < 4.78 is 0. The van der Waals surface area contributed by atoms with Crippen LogP contribution in [0.3, 0.4) is 0 Å². The van der Waals surface area contributed by atoms with Crippen molar-refractivity contribution in [2.24, 2.45) is 0 Å². The molecule has 0 heterocycles. The topological polar surface area (TPSA) is 0 Å². The van der Waals surface area contributed by atoms with Crippen molar-refractivity contribution in [2.45, 2.75) is 0 Å². The normalized spacial score (nSPS) is 9.84. The van der Waals surface area contributed by atoms with E-state index in [1.807, 2.05) is 0 Å². The van der Waals surface area contributed by atoms with Crippen LogP contribution in [0.15, 0.2) is 0 Å². The molecule has 0 fully saturated rings. The Bertz CT molecular complexity index is 1940. The van der Waals surface area contributed by atoms with E-state index in [1.54, 1.807) is 0 Å². The van der Waals surface area contributed by atoms with Crippen LogP contribution >= 0.6 is 0 Å². The Labute approximate surface area is 790 Å². The van der Waals surface area contributed by atoms with Gasteiger partial charge in [0.2, 0.25) is 0 Å². The van der Waals surface area contributed by atoms with Gasteiger partial charge in [-0.05, 0) is 0 Å². The van der Waals surface area contributed by atoms with Gasteiger partial charge in [0.25, 0.3) is 0 Å². The van der Waals surface area contributed by atoms with Gasteiger partial charge in [-0.2, -0.15) is 0 Å². The van der Waals surface area contributed by atoms with Gasteiger partial charge in [0, 0.05) is 799 Å². The van der Waals surface area contributed by atoms with E-state index in [1.165, 1.54) is 0 Å². The average Bonchev–Trinajstić information content (AvgIpc) is 0.704. The van der Waals surface area contributed by atoms with Gasteiger partial charge in [-0.25, -0.2) is 0 Å². The van der Waals surface area contributed by atoms with Crippen LogP contribution in [-0.4, -0.2) is 799 Å². The summed E-state index contributed by atoms with van der Waals surface area (Å²) in [7, 11) is 415. The summed E-state index contributed by atoms with van der Waals surface area (Å²) in [6, 6.07) is 0. The van der Waals surface area contributed by atoms with Crippen LogP contribution in [0, 0.1) is 0 Å². The van der Waals surface area contributed by atoms with E-state index in [9.17, 15) is 0 Å². The molecule has 0 aliphatic heterocycles. The summed E-state index contributed by atoms with van der Waals surface area (Å²) in [5.41, 5.74) is 0. The molecule has 0 nitrogen and oxygen atoms in total. The highest BCUT2D eigenvalue weighted by Gasteiger charge is 2.70. The highest BCUT2D eigenvalue weighted by Crippen LogP contribution is 2.32. The third-order valence-corrected chi connectivity index (χ3v) is 24.2. The maximum Gasteiger partial charge on any atom is 0 e. The second kappa shape index (κ2) is 55.6. The first kappa shape index (κ1) is 120. The molecule has 0 saturated carbocycles.